The van der Waals surface area contributed by atoms with Crippen molar-refractivity contribution in [2.75, 3.05) is 17.8 Å². The molecule has 1 aliphatic heterocycles. The molecule has 170 valence electrons. The molecule has 1 fully saturated rings. The van der Waals surface area contributed by atoms with Gasteiger partial charge in [-0.05, 0) is 31.0 Å². The fourth-order valence-corrected chi connectivity index (χ4v) is 4.66. The van der Waals surface area contributed by atoms with Crippen LogP contribution in [0, 0.1) is 0 Å². The van der Waals surface area contributed by atoms with E-state index in [1.165, 1.54) is 0 Å². The van der Waals surface area contributed by atoms with Crippen LogP contribution in [0.4, 0.5) is 32.0 Å². The molecule has 0 aliphatic carbocycles. The van der Waals surface area contributed by atoms with E-state index < -0.39 is 60.7 Å². The first-order chi connectivity index (χ1) is 14.2. The summed E-state index contributed by atoms with van der Waals surface area (Å²) in [6, 6.07) is 1.95. The van der Waals surface area contributed by atoms with Gasteiger partial charge >= 0.3 is 12.4 Å². The fraction of sp³-hybridized carbons (Fsp3) is 0.353. The molecule has 14 heteroatoms. The van der Waals surface area contributed by atoms with Gasteiger partial charge in [-0.2, -0.15) is 26.3 Å². The molecule has 3 rings (SSSR count). The smallest absolute Gasteiger partial charge is 0.356 e. The molecule has 31 heavy (non-hydrogen) atoms. The molecule has 2 aromatic rings. The van der Waals surface area contributed by atoms with E-state index in [1.807, 2.05) is 4.72 Å². The number of sulfonamides is 1. The molecule has 0 atom stereocenters. The number of nitrogens with one attached hydrogen (secondary N) is 2. The van der Waals surface area contributed by atoms with Crippen LogP contribution in [-0.4, -0.2) is 37.3 Å². The first-order valence-corrected chi connectivity index (χ1v) is 10.6. The second kappa shape index (κ2) is 7.93. The number of alkyl halides is 6. The summed E-state index contributed by atoms with van der Waals surface area (Å²) in [5.41, 5.74) is -4.26. The van der Waals surface area contributed by atoms with E-state index in [4.69, 9.17) is 11.6 Å². The van der Waals surface area contributed by atoms with Crippen molar-refractivity contribution in [3.63, 3.8) is 0 Å². The summed E-state index contributed by atoms with van der Waals surface area (Å²) in [5, 5.41) is -0.814. The van der Waals surface area contributed by atoms with Crippen LogP contribution in [0.15, 0.2) is 29.3 Å². The van der Waals surface area contributed by atoms with Gasteiger partial charge in [-0.1, -0.05) is 11.6 Å². The summed E-state index contributed by atoms with van der Waals surface area (Å²) < 4.78 is 106. The quantitative estimate of drug-likeness (QED) is 0.608. The lowest BCUT2D eigenvalue weighted by Gasteiger charge is -2.18. The minimum atomic E-state index is -5.05. The number of likely N-dealkylation sites (tertiary alicyclic amines) is 1. The highest BCUT2D eigenvalue weighted by atomic mass is 35.5. The van der Waals surface area contributed by atoms with Crippen molar-refractivity contribution in [1.82, 2.24) is 9.88 Å². The summed E-state index contributed by atoms with van der Waals surface area (Å²) in [6.07, 6.45) is -8.20. The Morgan fingerprint density at radius 3 is 2.19 bits per heavy atom. The lowest BCUT2D eigenvalue weighted by molar-refractivity contribution is -0.141. The first kappa shape index (κ1) is 23.3. The Morgan fingerprint density at radius 2 is 1.68 bits per heavy atom. The Bertz CT molecular complexity index is 1110. The number of anilines is 1. The van der Waals surface area contributed by atoms with Crippen molar-refractivity contribution in [3.05, 3.63) is 46.2 Å². The fourth-order valence-electron chi connectivity index (χ4n) is 3.15. The van der Waals surface area contributed by atoms with Crippen LogP contribution in [-0.2, 0) is 22.4 Å². The number of aromatic amines is 1. The molecule has 1 amide bonds. The Balaban J connectivity index is 2.02. The Kier molecular flexibility index (Phi) is 5.95. The zero-order valence-electron chi connectivity index (χ0n) is 15.4. The molecule has 0 unspecified atom stereocenters. The van der Waals surface area contributed by atoms with Gasteiger partial charge in [-0.3, -0.25) is 9.52 Å². The van der Waals surface area contributed by atoms with E-state index in [9.17, 15) is 39.6 Å². The number of carbonyl (C=O) groups excluding carboxylic acids is 1. The molecule has 0 spiro atoms. The topological polar surface area (TPSA) is 82.3 Å². The zero-order chi connectivity index (χ0) is 23.2. The highest BCUT2D eigenvalue weighted by molar-refractivity contribution is 7.92. The Hall–Kier alpha value is -2.41. The van der Waals surface area contributed by atoms with Crippen LogP contribution in [0.2, 0.25) is 5.02 Å². The van der Waals surface area contributed by atoms with Gasteiger partial charge in [-0.15, -0.1) is 0 Å². The first-order valence-electron chi connectivity index (χ1n) is 8.69. The number of nitrogens with zero attached hydrogens (tertiary/aromatic N) is 1. The number of amides is 1. The van der Waals surface area contributed by atoms with Gasteiger partial charge in [0.05, 0.1) is 21.8 Å². The molecule has 2 N–H and O–H groups in total. The molecule has 2 heterocycles. The maximum atomic E-state index is 13.4. The number of hydrogen-bond donors (Lipinski definition) is 2. The number of benzene rings is 1. The van der Waals surface area contributed by atoms with Crippen molar-refractivity contribution < 1.29 is 39.6 Å². The maximum absolute atomic E-state index is 13.4. The average Bonchev–Trinajstić information content (AvgIpc) is 3.29. The predicted octanol–water partition coefficient (Wildman–Crippen LogP) is 4.74. The summed E-state index contributed by atoms with van der Waals surface area (Å²) >= 11 is 5.55. The van der Waals surface area contributed by atoms with Crippen LogP contribution < -0.4 is 4.72 Å². The molecule has 1 aliphatic rings. The van der Waals surface area contributed by atoms with Crippen molar-refractivity contribution in [3.8, 4) is 0 Å². The van der Waals surface area contributed by atoms with Crippen molar-refractivity contribution in [2.24, 2.45) is 0 Å². The lowest BCUT2D eigenvalue weighted by atomic mass is 10.2. The maximum Gasteiger partial charge on any atom is 0.432 e. The Labute approximate surface area is 177 Å². The van der Waals surface area contributed by atoms with E-state index in [0.29, 0.717) is 31.2 Å². The van der Waals surface area contributed by atoms with Gasteiger partial charge < -0.3 is 9.88 Å². The van der Waals surface area contributed by atoms with Crippen molar-refractivity contribution in [2.45, 2.75) is 30.1 Å². The van der Waals surface area contributed by atoms with Gasteiger partial charge in [-0.25, -0.2) is 8.42 Å². The molecular weight excluding hydrogens is 476 g/mol. The summed E-state index contributed by atoms with van der Waals surface area (Å²) in [5.74, 6) is -1.11. The largest absolute Gasteiger partial charge is 0.432 e. The number of rotatable bonds is 4. The second-order valence-electron chi connectivity index (χ2n) is 6.70. The monoisotopic (exact) mass is 489 g/mol. The molecule has 1 saturated heterocycles. The number of H-pyrrole nitrogens is 1. The average molecular weight is 490 g/mol. The van der Waals surface area contributed by atoms with Gasteiger partial charge in [0.1, 0.15) is 10.6 Å². The van der Waals surface area contributed by atoms with Gasteiger partial charge in [0.2, 0.25) is 0 Å². The van der Waals surface area contributed by atoms with Crippen LogP contribution in [0.5, 0.6) is 0 Å². The highest BCUT2D eigenvalue weighted by Gasteiger charge is 2.42. The van der Waals surface area contributed by atoms with E-state index in [2.05, 4.69) is 0 Å². The summed E-state index contributed by atoms with van der Waals surface area (Å²) in [7, 11) is -4.79. The van der Waals surface area contributed by atoms with Crippen LogP contribution in [0.3, 0.4) is 0 Å². The van der Waals surface area contributed by atoms with E-state index >= 15 is 0 Å². The number of carbonyl (C=O) groups is 1. The summed E-state index contributed by atoms with van der Waals surface area (Å²) in [4.78, 5) is 14.6. The van der Waals surface area contributed by atoms with Gasteiger partial charge in [0.15, 0.2) is 0 Å². The van der Waals surface area contributed by atoms with E-state index in [-0.39, 0.29) is 13.1 Å². The normalized spacial score (nSPS) is 15.4. The van der Waals surface area contributed by atoms with Gasteiger partial charge in [0, 0.05) is 19.3 Å². The molecule has 1 aromatic carbocycles. The molecule has 0 bridgehead atoms. The third kappa shape index (κ3) is 4.76. The summed E-state index contributed by atoms with van der Waals surface area (Å²) in [6.45, 7) is 0.339. The third-order valence-corrected chi connectivity index (χ3v) is 6.27. The zero-order valence-corrected chi connectivity index (χ0v) is 16.9. The molecule has 0 radical (unpaired) electrons. The molecule has 1 aromatic heterocycles. The number of hydrogen-bond acceptors (Lipinski definition) is 3. The minimum absolute atomic E-state index is 0.169. The van der Waals surface area contributed by atoms with Crippen LogP contribution >= 0.6 is 11.6 Å². The molecule has 0 saturated carbocycles. The lowest BCUT2D eigenvalue weighted by Crippen LogP contribution is -2.31. The highest BCUT2D eigenvalue weighted by Crippen LogP contribution is 2.38. The number of aromatic nitrogens is 1. The molecule has 6 nitrogen and oxygen atoms in total. The van der Waals surface area contributed by atoms with Crippen molar-refractivity contribution >= 4 is 33.2 Å². The van der Waals surface area contributed by atoms with Crippen LogP contribution in [0.25, 0.3) is 0 Å². The van der Waals surface area contributed by atoms with Crippen LogP contribution in [0.1, 0.15) is 34.5 Å². The molecular formula is C17H14ClF6N3O3S. The second-order valence-corrected chi connectivity index (χ2v) is 8.76. The minimum Gasteiger partial charge on any atom is -0.356 e. The predicted molar refractivity (Wildman–Crippen MR) is 98.2 cm³/mol. The number of halogens is 7. The third-order valence-electron chi connectivity index (χ3n) is 4.55. The van der Waals surface area contributed by atoms with Crippen molar-refractivity contribution in [1.29, 1.82) is 0 Å². The van der Waals surface area contributed by atoms with E-state index in [0.717, 1.165) is 11.0 Å². The van der Waals surface area contributed by atoms with E-state index in [1.54, 1.807) is 4.98 Å². The van der Waals surface area contributed by atoms with Gasteiger partial charge in [0.25, 0.3) is 15.9 Å². The SMILES string of the molecule is O=C(c1c(S(=O)(=O)Nc2ccc(C(F)(F)F)c(Cl)c2)c[nH]c1C(F)(F)F)N1CCCC1. The Morgan fingerprint density at radius 1 is 1.06 bits per heavy atom. The standard InChI is InChI=1S/C17H14ClF6N3O3S/c18-11-7-9(3-4-10(11)16(19,20)21)26-31(29,30)12-8-25-14(17(22,23)24)13(12)15(28)27-5-1-2-6-27/h3-4,7-8,25-26H,1-2,5-6H2.